The van der Waals surface area contributed by atoms with Gasteiger partial charge in [-0.3, -0.25) is 30.1 Å². The molecule has 0 aliphatic rings. The fourth-order valence-electron chi connectivity index (χ4n) is 4.32. The number of carbonyl (C=O) groups excluding carboxylic acids is 3. The van der Waals surface area contributed by atoms with Crippen molar-refractivity contribution < 1.29 is 37.8 Å². The highest BCUT2D eigenvalue weighted by Crippen LogP contribution is 2.33. The Kier molecular flexibility index (Phi) is 9.16. The lowest BCUT2D eigenvalue weighted by molar-refractivity contribution is -0.147. The Morgan fingerprint density at radius 2 is 1.49 bits per heavy atom. The van der Waals surface area contributed by atoms with Gasteiger partial charge in [0.25, 0.3) is 11.8 Å². The lowest BCUT2D eigenvalue weighted by Crippen LogP contribution is -2.48. The summed E-state index contributed by atoms with van der Waals surface area (Å²) in [5.74, 6) is -7.43. The van der Waals surface area contributed by atoms with Crippen LogP contribution in [-0.4, -0.2) is 51.4 Å². The van der Waals surface area contributed by atoms with Crippen LogP contribution in [0.15, 0.2) is 85.1 Å². The molecule has 0 saturated carbocycles. The number of rotatable bonds is 8. The Morgan fingerprint density at radius 1 is 0.867 bits per heavy atom. The second-order valence-electron chi connectivity index (χ2n) is 10.6. The van der Waals surface area contributed by atoms with E-state index in [9.17, 15) is 33.1 Å². The molecule has 4 amide bonds. The van der Waals surface area contributed by atoms with Gasteiger partial charge in [0.15, 0.2) is 5.82 Å². The minimum Gasteiger partial charge on any atom is -0.496 e. The number of alkyl halides is 2. The second-order valence-corrected chi connectivity index (χ2v) is 10.6. The third kappa shape index (κ3) is 7.06. The molecule has 0 radical (unpaired) electrons. The van der Waals surface area contributed by atoms with Crippen LogP contribution < -0.4 is 25.8 Å². The Morgan fingerprint density at radius 3 is 2.09 bits per heavy atom. The maximum atomic E-state index is 15.0. The first-order valence-electron chi connectivity index (χ1n) is 13.5. The number of aromatic nitrogens is 2. The molecule has 0 aliphatic carbocycles. The van der Waals surface area contributed by atoms with E-state index in [1.807, 2.05) is 5.43 Å². The van der Waals surface area contributed by atoms with E-state index in [2.05, 4.69) is 10.4 Å². The van der Waals surface area contributed by atoms with Crippen LogP contribution in [0, 0.1) is 0 Å². The SMILES string of the molecule is COc1ccccc1C(=O)NNC(=O)C(F)(F)c1ccc(C(=O)Nc2nn(-c3ccccc3)cc2N(C(=O)O)C(C)(C)C)cc1. The van der Waals surface area contributed by atoms with Crippen molar-refractivity contribution in [3.05, 3.63) is 102 Å². The molecule has 0 fully saturated rings. The zero-order valence-corrected chi connectivity index (χ0v) is 24.7. The predicted molar refractivity (Wildman–Crippen MR) is 161 cm³/mol. The van der Waals surface area contributed by atoms with Crippen molar-refractivity contribution in [3.63, 3.8) is 0 Å². The summed E-state index contributed by atoms with van der Waals surface area (Å²) >= 11 is 0. The highest BCUT2D eigenvalue weighted by Gasteiger charge is 2.41. The summed E-state index contributed by atoms with van der Waals surface area (Å²) in [4.78, 5) is 51.1. The van der Waals surface area contributed by atoms with E-state index >= 15 is 0 Å². The van der Waals surface area contributed by atoms with Crippen molar-refractivity contribution in [1.82, 2.24) is 20.6 Å². The lowest BCUT2D eigenvalue weighted by Gasteiger charge is -2.32. The first-order valence-corrected chi connectivity index (χ1v) is 13.5. The number of hydrazine groups is 1. The molecule has 4 aromatic rings. The summed E-state index contributed by atoms with van der Waals surface area (Å²) in [7, 11) is 1.33. The number of nitrogens with one attached hydrogen (secondary N) is 3. The van der Waals surface area contributed by atoms with Gasteiger partial charge < -0.3 is 15.2 Å². The van der Waals surface area contributed by atoms with E-state index in [1.54, 1.807) is 62.6 Å². The molecule has 1 heterocycles. The van der Waals surface area contributed by atoms with E-state index in [4.69, 9.17) is 4.74 Å². The van der Waals surface area contributed by atoms with Gasteiger partial charge in [-0.2, -0.15) is 8.78 Å². The molecular formula is C31H30F2N6O6. The first kappa shape index (κ1) is 32.1. The Balaban J connectivity index is 1.52. The average Bonchev–Trinajstić information content (AvgIpc) is 3.41. The number of hydrogen-bond donors (Lipinski definition) is 4. The van der Waals surface area contributed by atoms with Crippen LogP contribution in [0.4, 0.5) is 25.1 Å². The summed E-state index contributed by atoms with van der Waals surface area (Å²) in [6, 6.07) is 18.8. The molecule has 12 nitrogen and oxygen atoms in total. The van der Waals surface area contributed by atoms with E-state index in [-0.39, 0.29) is 28.4 Å². The maximum Gasteiger partial charge on any atom is 0.412 e. The molecule has 234 valence electrons. The van der Waals surface area contributed by atoms with Crippen LogP contribution in [0.5, 0.6) is 5.75 Å². The van der Waals surface area contributed by atoms with Gasteiger partial charge in [-0.15, -0.1) is 5.10 Å². The number of methoxy groups -OCH3 is 1. The topological polar surface area (TPSA) is 155 Å². The van der Waals surface area contributed by atoms with E-state index in [0.29, 0.717) is 5.69 Å². The van der Waals surface area contributed by atoms with Gasteiger partial charge in [0.05, 0.1) is 24.6 Å². The fourth-order valence-corrected chi connectivity index (χ4v) is 4.32. The normalized spacial score (nSPS) is 11.3. The molecule has 0 unspecified atom stereocenters. The number of anilines is 2. The Bertz CT molecular complexity index is 1720. The van der Waals surface area contributed by atoms with Gasteiger partial charge in [0, 0.05) is 16.7 Å². The largest absolute Gasteiger partial charge is 0.496 e. The van der Waals surface area contributed by atoms with Crippen molar-refractivity contribution in [2.75, 3.05) is 17.3 Å². The molecule has 4 rings (SSSR count). The van der Waals surface area contributed by atoms with E-state index < -0.39 is 40.8 Å². The zero-order valence-electron chi connectivity index (χ0n) is 24.7. The third-order valence-electron chi connectivity index (χ3n) is 6.49. The molecule has 14 heteroatoms. The molecule has 0 spiro atoms. The van der Waals surface area contributed by atoms with Gasteiger partial charge in [0.2, 0.25) is 0 Å². The van der Waals surface area contributed by atoms with Gasteiger partial charge in [0.1, 0.15) is 11.4 Å². The van der Waals surface area contributed by atoms with Gasteiger partial charge in [-0.1, -0.05) is 42.5 Å². The van der Waals surface area contributed by atoms with Crippen LogP contribution in [-0.2, 0) is 10.7 Å². The van der Waals surface area contributed by atoms with Gasteiger partial charge in [-0.25, -0.2) is 9.48 Å². The van der Waals surface area contributed by atoms with Crippen LogP contribution in [0.25, 0.3) is 5.69 Å². The number of carbonyl (C=O) groups is 4. The van der Waals surface area contributed by atoms with Crippen LogP contribution in [0.3, 0.4) is 0 Å². The molecule has 45 heavy (non-hydrogen) atoms. The summed E-state index contributed by atoms with van der Waals surface area (Å²) in [5.41, 5.74) is 2.61. The number of para-hydroxylation sites is 2. The third-order valence-corrected chi connectivity index (χ3v) is 6.49. The number of nitrogens with zero attached hydrogens (tertiary/aromatic N) is 3. The van der Waals surface area contributed by atoms with Crippen molar-refractivity contribution in [1.29, 1.82) is 0 Å². The maximum absolute atomic E-state index is 15.0. The van der Waals surface area contributed by atoms with Crippen LogP contribution >= 0.6 is 0 Å². The first-order chi connectivity index (χ1) is 21.2. The highest BCUT2D eigenvalue weighted by atomic mass is 19.3. The fraction of sp³-hybridized carbons (Fsp3) is 0.194. The molecule has 4 N–H and O–H groups in total. The Labute approximate surface area is 256 Å². The monoisotopic (exact) mass is 620 g/mol. The second kappa shape index (κ2) is 12.8. The number of benzene rings is 3. The quantitative estimate of drug-likeness (QED) is 0.203. The summed E-state index contributed by atoms with van der Waals surface area (Å²) in [5, 5.41) is 16.9. The summed E-state index contributed by atoms with van der Waals surface area (Å²) < 4.78 is 36.4. The molecular weight excluding hydrogens is 590 g/mol. The number of ether oxygens (including phenoxy) is 1. The van der Waals surface area contributed by atoms with Crippen LogP contribution in [0.1, 0.15) is 47.1 Å². The van der Waals surface area contributed by atoms with Crippen molar-refractivity contribution in [3.8, 4) is 11.4 Å². The van der Waals surface area contributed by atoms with Crippen molar-refractivity contribution in [2.24, 2.45) is 0 Å². The van der Waals surface area contributed by atoms with Crippen LogP contribution in [0.2, 0.25) is 0 Å². The number of halogens is 2. The summed E-state index contributed by atoms with van der Waals surface area (Å²) in [6.45, 7) is 5.02. The molecule has 3 aromatic carbocycles. The van der Waals surface area contributed by atoms with E-state index in [1.165, 1.54) is 36.2 Å². The lowest BCUT2D eigenvalue weighted by atomic mass is 10.0. The molecule has 0 bridgehead atoms. The minimum atomic E-state index is -4.08. The molecule has 1 aromatic heterocycles. The van der Waals surface area contributed by atoms with Gasteiger partial charge >= 0.3 is 17.9 Å². The number of hydrogen-bond acceptors (Lipinski definition) is 6. The number of carboxylic acid groups (broad SMARTS) is 1. The molecule has 0 aliphatic heterocycles. The number of amides is 4. The average molecular weight is 621 g/mol. The molecule has 0 saturated heterocycles. The van der Waals surface area contributed by atoms with Crippen molar-refractivity contribution in [2.45, 2.75) is 32.2 Å². The van der Waals surface area contributed by atoms with Crippen molar-refractivity contribution >= 4 is 35.3 Å². The molecule has 0 atom stereocenters. The Hall–Kier alpha value is -5.79. The zero-order chi connectivity index (χ0) is 32.9. The summed E-state index contributed by atoms with van der Waals surface area (Å²) in [6.07, 6.45) is 0.175. The smallest absolute Gasteiger partial charge is 0.412 e. The van der Waals surface area contributed by atoms with E-state index in [0.717, 1.165) is 29.2 Å². The minimum absolute atomic E-state index is 0.0183. The highest BCUT2D eigenvalue weighted by molar-refractivity contribution is 6.06. The predicted octanol–water partition coefficient (Wildman–Crippen LogP) is 4.97. The standard InChI is InChI=1S/C31H30F2N6O6/c1-30(2,3)39(29(43)44)23-18-38(21-10-6-5-7-11-21)37-25(23)34-26(40)19-14-16-20(17-15-19)31(32,33)28(42)36-35-27(41)22-12-8-9-13-24(22)45-4/h5-18H,1-4H3,(H,35,41)(H,36,42)(H,43,44)(H,34,37,40). The van der Waals surface area contributed by atoms with Gasteiger partial charge in [-0.05, 0) is 57.2 Å².